The second kappa shape index (κ2) is 9.38. The van der Waals surface area contributed by atoms with Crippen molar-refractivity contribution in [1.29, 1.82) is 0 Å². The van der Waals surface area contributed by atoms with E-state index in [9.17, 15) is 4.79 Å². The largest absolute Gasteiger partial charge is 0.314 e. The number of amides is 1. The first-order chi connectivity index (χ1) is 13.6. The topological polar surface area (TPSA) is 23.6 Å². The molecule has 1 unspecified atom stereocenters. The van der Waals surface area contributed by atoms with Crippen LogP contribution in [0.15, 0.2) is 54.6 Å². The van der Waals surface area contributed by atoms with Gasteiger partial charge in [0.05, 0.1) is 5.41 Å². The smallest absolute Gasteiger partial charge is 0.239 e. The predicted octanol–water partition coefficient (Wildman–Crippen LogP) is 5.05. The van der Waals surface area contributed by atoms with Crippen molar-refractivity contribution in [3.05, 3.63) is 65.7 Å². The Balaban J connectivity index is 2.01. The van der Waals surface area contributed by atoms with E-state index >= 15 is 0 Å². The van der Waals surface area contributed by atoms with E-state index in [1.807, 2.05) is 24.1 Å². The van der Waals surface area contributed by atoms with Crippen LogP contribution in [0.2, 0.25) is 0 Å². The number of unbranched alkanes of at least 4 members (excludes halogenated alkanes) is 2. The van der Waals surface area contributed by atoms with Crippen LogP contribution in [0.1, 0.15) is 50.7 Å². The number of anilines is 1. The summed E-state index contributed by atoms with van der Waals surface area (Å²) in [6, 6.07) is 18.9. The fourth-order valence-electron chi connectivity index (χ4n) is 4.46. The molecule has 3 rings (SSSR count). The highest BCUT2D eigenvalue weighted by Gasteiger charge is 2.50. The molecular weight excluding hydrogens is 344 g/mol. The third kappa shape index (κ3) is 4.15. The Morgan fingerprint density at radius 1 is 0.893 bits per heavy atom. The Bertz CT molecular complexity index is 765. The van der Waals surface area contributed by atoms with Gasteiger partial charge in [-0.15, -0.1) is 0 Å². The highest BCUT2D eigenvalue weighted by molar-refractivity contribution is 6.08. The molecule has 28 heavy (non-hydrogen) atoms. The summed E-state index contributed by atoms with van der Waals surface area (Å²) in [5.41, 5.74) is 2.97. The maximum atomic E-state index is 13.7. The summed E-state index contributed by atoms with van der Waals surface area (Å²) in [4.78, 5) is 18.1. The van der Waals surface area contributed by atoms with E-state index in [1.165, 1.54) is 36.8 Å². The number of fused-ring (bicyclic) bond motifs is 1. The van der Waals surface area contributed by atoms with E-state index in [0.29, 0.717) is 0 Å². The monoisotopic (exact) mass is 378 g/mol. The van der Waals surface area contributed by atoms with E-state index in [4.69, 9.17) is 0 Å². The van der Waals surface area contributed by atoms with Crippen LogP contribution >= 0.6 is 0 Å². The summed E-state index contributed by atoms with van der Waals surface area (Å²) < 4.78 is 0. The lowest BCUT2D eigenvalue weighted by molar-refractivity contribution is -0.123. The molecule has 0 aromatic heterocycles. The van der Waals surface area contributed by atoms with E-state index < -0.39 is 5.41 Å². The molecule has 1 amide bonds. The lowest BCUT2D eigenvalue weighted by Crippen LogP contribution is -2.49. The molecule has 3 nitrogen and oxygen atoms in total. The number of hydrogen-bond donors (Lipinski definition) is 0. The van der Waals surface area contributed by atoms with Crippen LogP contribution in [-0.4, -0.2) is 37.5 Å². The molecule has 3 heteroatoms. The Labute approximate surface area is 170 Å². The molecule has 1 heterocycles. The van der Waals surface area contributed by atoms with Gasteiger partial charge in [-0.25, -0.2) is 0 Å². The Kier molecular flexibility index (Phi) is 6.90. The maximum absolute atomic E-state index is 13.7. The number of likely N-dealkylation sites (N-methyl/N-ethyl adjacent to an activating group) is 1. The molecule has 0 radical (unpaired) electrons. The van der Waals surface area contributed by atoms with E-state index in [1.54, 1.807) is 0 Å². The van der Waals surface area contributed by atoms with Gasteiger partial charge in [0.25, 0.3) is 0 Å². The Morgan fingerprint density at radius 2 is 1.50 bits per heavy atom. The molecule has 0 aliphatic carbocycles. The molecule has 0 fully saturated rings. The van der Waals surface area contributed by atoms with E-state index in [-0.39, 0.29) is 5.91 Å². The fraction of sp³-hybridized carbons (Fsp3) is 0.480. The number of para-hydroxylation sites is 1. The minimum atomic E-state index is -0.506. The van der Waals surface area contributed by atoms with Gasteiger partial charge >= 0.3 is 0 Å². The molecule has 150 valence electrons. The Morgan fingerprint density at radius 3 is 2.14 bits per heavy atom. The quantitative estimate of drug-likeness (QED) is 0.578. The maximum Gasteiger partial charge on any atom is 0.239 e. The lowest BCUT2D eigenvalue weighted by atomic mass is 9.75. The van der Waals surface area contributed by atoms with Crippen molar-refractivity contribution in [2.45, 2.75) is 51.4 Å². The molecule has 0 N–H and O–H groups in total. The van der Waals surface area contributed by atoms with Gasteiger partial charge in [-0.3, -0.25) is 4.79 Å². The number of rotatable bonds is 10. The van der Waals surface area contributed by atoms with Crippen molar-refractivity contribution in [1.82, 2.24) is 4.90 Å². The zero-order valence-corrected chi connectivity index (χ0v) is 17.7. The number of carbonyl (C=O) groups excluding carboxylic acids is 1. The van der Waals surface area contributed by atoms with Gasteiger partial charge in [0.2, 0.25) is 5.91 Å². The number of hydrogen-bond acceptors (Lipinski definition) is 2. The van der Waals surface area contributed by atoms with Crippen LogP contribution in [0.3, 0.4) is 0 Å². The van der Waals surface area contributed by atoms with Crippen molar-refractivity contribution in [3.63, 3.8) is 0 Å². The van der Waals surface area contributed by atoms with Crippen LogP contribution < -0.4 is 4.90 Å². The van der Waals surface area contributed by atoms with Crippen LogP contribution in [-0.2, 0) is 16.6 Å². The Hall–Kier alpha value is -2.13. The average Bonchev–Trinajstić information content (AvgIpc) is 2.93. The number of benzene rings is 2. The molecule has 2 aromatic carbocycles. The van der Waals surface area contributed by atoms with Crippen LogP contribution in [0.4, 0.5) is 5.69 Å². The second-order valence-corrected chi connectivity index (χ2v) is 8.11. The molecule has 0 bridgehead atoms. The third-order valence-electron chi connectivity index (χ3n) is 5.99. The van der Waals surface area contributed by atoms with Gasteiger partial charge in [0.1, 0.15) is 0 Å². The van der Waals surface area contributed by atoms with Crippen molar-refractivity contribution in [3.8, 4) is 0 Å². The summed E-state index contributed by atoms with van der Waals surface area (Å²) >= 11 is 0. The summed E-state index contributed by atoms with van der Waals surface area (Å²) in [5, 5.41) is 0. The van der Waals surface area contributed by atoms with Gasteiger partial charge in [0, 0.05) is 19.3 Å². The van der Waals surface area contributed by atoms with E-state index in [2.05, 4.69) is 61.2 Å². The molecule has 2 aromatic rings. The van der Waals surface area contributed by atoms with Crippen molar-refractivity contribution < 1.29 is 4.79 Å². The summed E-state index contributed by atoms with van der Waals surface area (Å²) in [7, 11) is 1.93. The van der Waals surface area contributed by atoms with Gasteiger partial charge in [-0.2, -0.15) is 0 Å². The summed E-state index contributed by atoms with van der Waals surface area (Å²) in [6.45, 7) is 7.39. The first-order valence-electron chi connectivity index (χ1n) is 10.8. The van der Waals surface area contributed by atoms with Crippen molar-refractivity contribution in [2.75, 3.05) is 31.6 Å². The van der Waals surface area contributed by atoms with Gasteiger partial charge in [0.15, 0.2) is 0 Å². The normalized spacial score (nSPS) is 18.7. The average molecular weight is 379 g/mol. The lowest BCUT2D eigenvalue weighted by Gasteiger charge is -2.35. The first-order valence-corrected chi connectivity index (χ1v) is 10.8. The molecule has 0 spiro atoms. The number of nitrogens with zero attached hydrogens (tertiary/aromatic N) is 2. The van der Waals surface area contributed by atoms with Crippen molar-refractivity contribution in [2.24, 2.45) is 0 Å². The highest BCUT2D eigenvalue weighted by atomic mass is 16.2. The zero-order valence-electron chi connectivity index (χ0n) is 17.7. The van der Waals surface area contributed by atoms with Gasteiger partial charge in [-0.1, -0.05) is 75.2 Å². The summed E-state index contributed by atoms with van der Waals surface area (Å²) in [5.74, 6) is 0.232. The molecule has 0 saturated carbocycles. The number of carbonyl (C=O) groups is 1. The summed E-state index contributed by atoms with van der Waals surface area (Å²) in [6.07, 6.45) is 5.47. The van der Waals surface area contributed by atoms with Crippen LogP contribution in [0, 0.1) is 0 Å². The molecule has 0 saturated heterocycles. The SMILES string of the molecule is CCCCN(CCCC)CC1(Cc2ccccc2)C(=O)N(C)c2ccccc21. The fourth-order valence-corrected chi connectivity index (χ4v) is 4.46. The minimum absolute atomic E-state index is 0.232. The standard InChI is InChI=1S/C25H34N2O/c1-4-6-17-27(18-7-5-2)20-25(19-21-13-9-8-10-14-21)22-15-11-12-16-23(22)26(3)24(25)28/h8-16H,4-7,17-20H2,1-3H3. The van der Waals surface area contributed by atoms with Gasteiger partial charge < -0.3 is 9.80 Å². The van der Waals surface area contributed by atoms with Crippen LogP contribution in [0.25, 0.3) is 0 Å². The zero-order chi connectivity index (χ0) is 20.0. The first kappa shape index (κ1) is 20.6. The van der Waals surface area contributed by atoms with Crippen molar-refractivity contribution >= 4 is 11.6 Å². The van der Waals surface area contributed by atoms with Crippen LogP contribution in [0.5, 0.6) is 0 Å². The molecule has 1 aliphatic rings. The third-order valence-corrected chi connectivity index (χ3v) is 5.99. The molecule has 1 aliphatic heterocycles. The molecular formula is C25H34N2O. The minimum Gasteiger partial charge on any atom is -0.314 e. The van der Waals surface area contributed by atoms with E-state index in [0.717, 1.165) is 31.7 Å². The highest BCUT2D eigenvalue weighted by Crippen LogP contribution is 2.44. The predicted molar refractivity (Wildman–Crippen MR) is 118 cm³/mol. The molecule has 1 atom stereocenters. The van der Waals surface area contributed by atoms with Gasteiger partial charge in [-0.05, 0) is 49.5 Å². The second-order valence-electron chi connectivity index (χ2n) is 8.11.